The van der Waals surface area contributed by atoms with Crippen LogP contribution < -0.4 is 5.46 Å². The van der Waals surface area contributed by atoms with E-state index in [1.54, 1.807) is 12.1 Å². The molecule has 0 saturated heterocycles. The quantitative estimate of drug-likeness (QED) is 0.836. The van der Waals surface area contributed by atoms with Gasteiger partial charge in [-0.05, 0) is 51.9 Å². The van der Waals surface area contributed by atoms with Crippen LogP contribution in [0.25, 0.3) is 16.7 Å². The fraction of sp³-hybridized carbons (Fsp3) is 0.182. The molecule has 0 aliphatic heterocycles. The molecule has 1 aliphatic carbocycles. The normalized spacial score (nSPS) is 15.6. The van der Waals surface area contributed by atoms with E-state index in [2.05, 4.69) is 50.8 Å². The Morgan fingerprint density at radius 2 is 1.64 bits per heavy atom. The van der Waals surface area contributed by atoms with Gasteiger partial charge in [0, 0.05) is 5.41 Å². The summed E-state index contributed by atoms with van der Waals surface area (Å²) in [6, 6.07) is 13.9. The summed E-state index contributed by atoms with van der Waals surface area (Å²) in [7, 11) is -1.43. The van der Waals surface area contributed by atoms with Gasteiger partial charge in [-0.15, -0.1) is 0 Å². The molecule has 2 nitrogen and oxygen atoms in total. The van der Waals surface area contributed by atoms with Crippen LogP contribution in [0, 0.1) is 0 Å². The van der Waals surface area contributed by atoms with Gasteiger partial charge in [0.2, 0.25) is 0 Å². The van der Waals surface area contributed by atoms with Crippen LogP contribution in [-0.4, -0.2) is 17.2 Å². The average Bonchev–Trinajstić information content (AvgIpc) is 2.81. The highest BCUT2D eigenvalue weighted by Gasteiger charge is 2.35. The van der Waals surface area contributed by atoms with E-state index in [-0.39, 0.29) is 5.41 Å². The largest absolute Gasteiger partial charge is 0.488 e. The van der Waals surface area contributed by atoms with Crippen LogP contribution in [0.4, 0.5) is 0 Å². The van der Waals surface area contributed by atoms with Crippen molar-refractivity contribution in [3.8, 4) is 11.1 Å². The Balaban J connectivity index is 2.09. The molecule has 0 bridgehead atoms. The van der Waals surface area contributed by atoms with Crippen LogP contribution in [0.5, 0.6) is 0 Å². The van der Waals surface area contributed by atoms with Crippen LogP contribution in [0.15, 0.2) is 72.8 Å². The van der Waals surface area contributed by atoms with Crippen molar-refractivity contribution in [3.63, 3.8) is 0 Å². The Labute approximate surface area is 150 Å². The zero-order valence-corrected chi connectivity index (χ0v) is 15.0. The number of fused-ring (bicyclic) bond motifs is 1. The van der Waals surface area contributed by atoms with Gasteiger partial charge in [0.25, 0.3) is 0 Å². The first kappa shape index (κ1) is 17.5. The molecule has 126 valence electrons. The van der Waals surface area contributed by atoms with Crippen molar-refractivity contribution in [1.82, 2.24) is 0 Å². The lowest BCUT2D eigenvalue weighted by Crippen LogP contribution is -2.29. The molecular weight excluding hydrogens is 307 g/mol. The Bertz CT molecular complexity index is 871. The molecule has 1 aliphatic rings. The maximum atomic E-state index is 9.25. The second kappa shape index (κ2) is 6.51. The van der Waals surface area contributed by atoms with Crippen molar-refractivity contribution in [2.75, 3.05) is 0 Å². The summed E-state index contributed by atoms with van der Waals surface area (Å²) in [4.78, 5) is 0. The third kappa shape index (κ3) is 2.90. The van der Waals surface area contributed by atoms with Gasteiger partial charge in [-0.2, -0.15) is 0 Å². The predicted molar refractivity (Wildman–Crippen MR) is 107 cm³/mol. The second-order valence-corrected chi connectivity index (χ2v) is 6.91. The van der Waals surface area contributed by atoms with Crippen molar-refractivity contribution >= 4 is 18.2 Å². The smallest absolute Gasteiger partial charge is 0.423 e. The van der Waals surface area contributed by atoms with Crippen molar-refractivity contribution in [2.24, 2.45) is 0 Å². The SMILES string of the molecule is C=CC1=C(/C=C\C)c2ccc(-c3ccc(B(O)O)cc3)cc2C1(C)C. The summed E-state index contributed by atoms with van der Waals surface area (Å²) in [5.41, 5.74) is 7.61. The molecule has 0 atom stereocenters. The van der Waals surface area contributed by atoms with E-state index < -0.39 is 7.12 Å². The minimum atomic E-state index is -1.43. The first-order valence-electron chi connectivity index (χ1n) is 8.51. The molecule has 25 heavy (non-hydrogen) atoms. The maximum absolute atomic E-state index is 9.25. The number of benzene rings is 2. The first-order valence-corrected chi connectivity index (χ1v) is 8.51. The van der Waals surface area contributed by atoms with Crippen molar-refractivity contribution in [1.29, 1.82) is 0 Å². The van der Waals surface area contributed by atoms with E-state index in [9.17, 15) is 10.0 Å². The first-order chi connectivity index (χ1) is 11.9. The lowest BCUT2D eigenvalue weighted by Gasteiger charge is -2.23. The summed E-state index contributed by atoms with van der Waals surface area (Å²) >= 11 is 0. The summed E-state index contributed by atoms with van der Waals surface area (Å²) in [5, 5.41) is 18.5. The average molecular weight is 330 g/mol. The van der Waals surface area contributed by atoms with E-state index >= 15 is 0 Å². The third-order valence-corrected chi connectivity index (χ3v) is 5.03. The zero-order valence-electron chi connectivity index (χ0n) is 15.0. The summed E-state index contributed by atoms with van der Waals surface area (Å²) in [6.45, 7) is 10.5. The van der Waals surface area contributed by atoms with Gasteiger partial charge < -0.3 is 10.0 Å². The van der Waals surface area contributed by atoms with Gasteiger partial charge in [-0.1, -0.05) is 75.1 Å². The number of hydrogen-bond donors (Lipinski definition) is 2. The Morgan fingerprint density at radius 1 is 1.00 bits per heavy atom. The zero-order chi connectivity index (χ0) is 18.2. The molecular formula is C22H23BO2. The van der Waals surface area contributed by atoms with E-state index in [0.29, 0.717) is 5.46 Å². The topological polar surface area (TPSA) is 40.5 Å². The monoisotopic (exact) mass is 330 g/mol. The van der Waals surface area contributed by atoms with Crippen molar-refractivity contribution < 1.29 is 10.0 Å². The predicted octanol–water partition coefficient (Wildman–Crippen LogP) is 3.84. The number of hydrogen-bond acceptors (Lipinski definition) is 2. The fourth-order valence-corrected chi connectivity index (χ4v) is 3.66. The molecule has 2 aromatic rings. The van der Waals surface area contributed by atoms with Crippen LogP contribution in [0.3, 0.4) is 0 Å². The molecule has 3 heteroatoms. The molecule has 2 aromatic carbocycles. The van der Waals surface area contributed by atoms with Crippen LogP contribution >= 0.6 is 0 Å². The molecule has 3 rings (SSSR count). The van der Waals surface area contributed by atoms with E-state index in [1.807, 2.05) is 25.1 Å². The molecule has 0 spiro atoms. The molecule has 0 radical (unpaired) electrons. The Kier molecular flexibility index (Phi) is 4.55. The van der Waals surface area contributed by atoms with Gasteiger partial charge >= 0.3 is 7.12 Å². The van der Waals surface area contributed by atoms with Crippen molar-refractivity contribution in [3.05, 3.63) is 84.0 Å². The maximum Gasteiger partial charge on any atom is 0.488 e. The van der Waals surface area contributed by atoms with Crippen LogP contribution in [0.2, 0.25) is 0 Å². The molecule has 0 heterocycles. The second-order valence-electron chi connectivity index (χ2n) is 6.91. The molecule has 2 N–H and O–H groups in total. The fourth-order valence-electron chi connectivity index (χ4n) is 3.66. The molecule has 0 unspecified atom stereocenters. The summed E-state index contributed by atoms with van der Waals surface area (Å²) in [5.74, 6) is 0. The Hall–Kier alpha value is -2.36. The highest BCUT2D eigenvalue weighted by atomic mass is 16.4. The third-order valence-electron chi connectivity index (χ3n) is 5.03. The lowest BCUT2D eigenvalue weighted by molar-refractivity contribution is 0.426. The highest BCUT2D eigenvalue weighted by Crippen LogP contribution is 2.48. The van der Waals surface area contributed by atoms with Gasteiger partial charge in [-0.25, -0.2) is 0 Å². The standard InChI is InChI=1S/C22H23BO2/c1-5-7-18-19-13-10-16(14-21(19)22(3,4)20(18)6-2)15-8-11-17(12-9-15)23(24)25/h5-14,24-25H,2H2,1,3-4H3/b7-5-. The van der Waals surface area contributed by atoms with Gasteiger partial charge in [0.15, 0.2) is 0 Å². The lowest BCUT2D eigenvalue weighted by atomic mass is 9.79. The van der Waals surface area contributed by atoms with Gasteiger partial charge in [-0.3, -0.25) is 0 Å². The number of rotatable bonds is 4. The highest BCUT2D eigenvalue weighted by molar-refractivity contribution is 6.58. The molecule has 0 saturated carbocycles. The van der Waals surface area contributed by atoms with Gasteiger partial charge in [0.05, 0.1) is 0 Å². The van der Waals surface area contributed by atoms with E-state index in [0.717, 1.165) is 11.1 Å². The summed E-state index contributed by atoms with van der Waals surface area (Å²) in [6.07, 6.45) is 6.19. The van der Waals surface area contributed by atoms with E-state index in [4.69, 9.17) is 0 Å². The minimum absolute atomic E-state index is 0.0941. The molecule has 0 fully saturated rings. The van der Waals surface area contributed by atoms with Crippen molar-refractivity contribution in [2.45, 2.75) is 26.2 Å². The van der Waals surface area contributed by atoms with Crippen LogP contribution in [0.1, 0.15) is 31.9 Å². The van der Waals surface area contributed by atoms with Crippen LogP contribution in [-0.2, 0) is 5.41 Å². The molecule has 0 aromatic heterocycles. The summed E-state index contributed by atoms with van der Waals surface area (Å²) < 4.78 is 0. The van der Waals surface area contributed by atoms with Gasteiger partial charge in [0.1, 0.15) is 0 Å². The minimum Gasteiger partial charge on any atom is -0.423 e. The molecule has 0 amide bonds. The number of allylic oxidation sites excluding steroid dienone is 5. The Morgan fingerprint density at radius 3 is 2.20 bits per heavy atom. The van der Waals surface area contributed by atoms with E-state index in [1.165, 1.54) is 22.3 Å².